The number of rotatable bonds is 8. The monoisotopic (exact) mass is 394 g/mol. The van der Waals surface area contributed by atoms with E-state index in [4.69, 9.17) is 14.2 Å². The van der Waals surface area contributed by atoms with E-state index in [0.717, 1.165) is 11.5 Å². The van der Waals surface area contributed by atoms with Gasteiger partial charge in [-0.2, -0.15) is 0 Å². The molecule has 27 heavy (non-hydrogen) atoms. The summed E-state index contributed by atoms with van der Waals surface area (Å²) < 4.78 is 20.5. The van der Waals surface area contributed by atoms with Gasteiger partial charge in [0.2, 0.25) is 5.75 Å². The fraction of sp³-hybridized carbons (Fsp3) is 0.412. The fourth-order valence-electron chi connectivity index (χ4n) is 2.20. The first-order chi connectivity index (χ1) is 13.0. The smallest absolute Gasteiger partial charge is 0.283 e. The molecule has 10 heteroatoms. The van der Waals surface area contributed by atoms with E-state index in [-0.39, 0.29) is 5.56 Å². The molecule has 0 aliphatic carbocycles. The van der Waals surface area contributed by atoms with Crippen molar-refractivity contribution in [1.29, 1.82) is 0 Å². The average Bonchev–Trinajstić information content (AvgIpc) is 3.08. The number of hydrazine groups is 1. The number of benzene rings is 1. The second kappa shape index (κ2) is 9.72. The summed E-state index contributed by atoms with van der Waals surface area (Å²) >= 11 is 0.950. The van der Waals surface area contributed by atoms with E-state index >= 15 is 0 Å². The largest absolute Gasteiger partial charge is 0.490 e. The van der Waals surface area contributed by atoms with Gasteiger partial charge in [-0.1, -0.05) is 4.49 Å². The van der Waals surface area contributed by atoms with Gasteiger partial charge in [0, 0.05) is 5.56 Å². The molecule has 0 atom stereocenters. The van der Waals surface area contributed by atoms with Gasteiger partial charge < -0.3 is 14.2 Å². The lowest BCUT2D eigenvalue weighted by Crippen LogP contribution is -2.41. The number of carbonyl (C=O) groups is 2. The van der Waals surface area contributed by atoms with E-state index in [1.165, 1.54) is 12.1 Å². The molecule has 2 rings (SSSR count). The number of hydrogen-bond acceptors (Lipinski definition) is 8. The lowest BCUT2D eigenvalue weighted by atomic mass is 10.1. The van der Waals surface area contributed by atoms with Crippen molar-refractivity contribution in [3.63, 3.8) is 0 Å². The molecule has 0 unspecified atom stereocenters. The van der Waals surface area contributed by atoms with Crippen LogP contribution in [0.1, 0.15) is 46.5 Å². The van der Waals surface area contributed by atoms with Crippen molar-refractivity contribution in [2.75, 3.05) is 19.8 Å². The molecule has 0 spiro atoms. The number of nitrogens with zero attached hydrogens (tertiary/aromatic N) is 2. The number of aromatic nitrogens is 2. The summed E-state index contributed by atoms with van der Waals surface area (Å²) in [6.07, 6.45) is 0. The summed E-state index contributed by atoms with van der Waals surface area (Å²) in [6, 6.07) is 3.08. The Morgan fingerprint density at radius 3 is 2.00 bits per heavy atom. The SMILES string of the molecule is CCOc1cc(C(=O)NNC(=O)c2snnc2C)cc(OCC)c1OCC. The molecular formula is C17H22N4O5S. The molecule has 0 saturated carbocycles. The zero-order valence-electron chi connectivity index (χ0n) is 15.6. The van der Waals surface area contributed by atoms with E-state index < -0.39 is 11.8 Å². The maximum atomic E-state index is 12.5. The molecule has 0 aliphatic heterocycles. The fourth-order valence-corrected chi connectivity index (χ4v) is 2.75. The summed E-state index contributed by atoms with van der Waals surface area (Å²) in [7, 11) is 0. The van der Waals surface area contributed by atoms with Gasteiger partial charge in [-0.25, -0.2) is 0 Å². The molecule has 2 aromatic rings. The van der Waals surface area contributed by atoms with Gasteiger partial charge in [-0.3, -0.25) is 20.4 Å². The van der Waals surface area contributed by atoms with Crippen LogP contribution in [-0.4, -0.2) is 41.2 Å². The van der Waals surface area contributed by atoms with E-state index in [1.807, 2.05) is 20.8 Å². The molecule has 0 fully saturated rings. The van der Waals surface area contributed by atoms with Crippen LogP contribution in [0.2, 0.25) is 0 Å². The lowest BCUT2D eigenvalue weighted by molar-refractivity contribution is 0.0848. The summed E-state index contributed by atoms with van der Waals surface area (Å²) in [4.78, 5) is 24.9. The van der Waals surface area contributed by atoms with Crippen molar-refractivity contribution in [3.8, 4) is 17.2 Å². The van der Waals surface area contributed by atoms with Gasteiger partial charge in [0.15, 0.2) is 11.5 Å². The minimum Gasteiger partial charge on any atom is -0.490 e. The maximum Gasteiger partial charge on any atom is 0.283 e. The van der Waals surface area contributed by atoms with Gasteiger partial charge in [0.1, 0.15) is 4.88 Å². The Balaban J connectivity index is 2.21. The molecule has 0 aliphatic rings. The predicted molar refractivity (Wildman–Crippen MR) is 99.5 cm³/mol. The van der Waals surface area contributed by atoms with E-state index in [2.05, 4.69) is 20.4 Å². The van der Waals surface area contributed by atoms with Crippen molar-refractivity contribution in [1.82, 2.24) is 20.4 Å². The van der Waals surface area contributed by atoms with Crippen molar-refractivity contribution in [2.45, 2.75) is 27.7 Å². The summed E-state index contributed by atoms with van der Waals surface area (Å²) in [5.74, 6) is 0.210. The quantitative estimate of drug-likeness (QED) is 0.660. The zero-order chi connectivity index (χ0) is 19.8. The minimum atomic E-state index is -0.525. The van der Waals surface area contributed by atoms with E-state index in [0.29, 0.717) is 47.6 Å². The molecule has 2 N–H and O–H groups in total. The number of carbonyl (C=O) groups excluding carboxylic acids is 2. The molecule has 2 amide bonds. The first-order valence-electron chi connectivity index (χ1n) is 8.47. The van der Waals surface area contributed by atoms with Gasteiger partial charge in [-0.15, -0.1) is 5.10 Å². The Hall–Kier alpha value is -2.88. The number of nitrogens with one attached hydrogen (secondary N) is 2. The second-order valence-electron chi connectivity index (χ2n) is 5.20. The average molecular weight is 394 g/mol. The summed E-state index contributed by atoms with van der Waals surface area (Å²) in [5.41, 5.74) is 5.46. The third-order valence-corrected chi connectivity index (χ3v) is 4.15. The Labute approximate surface area is 161 Å². The highest BCUT2D eigenvalue weighted by Crippen LogP contribution is 2.39. The molecule has 0 radical (unpaired) electrons. The third-order valence-electron chi connectivity index (χ3n) is 3.32. The highest BCUT2D eigenvalue weighted by atomic mass is 32.1. The first kappa shape index (κ1) is 20.4. The van der Waals surface area contributed by atoms with Crippen molar-refractivity contribution in [2.24, 2.45) is 0 Å². The molecule has 1 heterocycles. The van der Waals surface area contributed by atoms with Gasteiger partial charge in [-0.05, 0) is 51.4 Å². The Kier molecular flexibility index (Phi) is 7.35. The first-order valence-corrected chi connectivity index (χ1v) is 9.25. The van der Waals surface area contributed by atoms with Crippen LogP contribution in [0.3, 0.4) is 0 Å². The van der Waals surface area contributed by atoms with Gasteiger partial charge in [0.25, 0.3) is 11.8 Å². The van der Waals surface area contributed by atoms with Crippen LogP contribution in [0.5, 0.6) is 17.2 Å². The lowest BCUT2D eigenvalue weighted by Gasteiger charge is -2.17. The summed E-state index contributed by atoms with van der Waals surface area (Å²) in [6.45, 7) is 8.37. The van der Waals surface area contributed by atoms with Crippen molar-refractivity contribution >= 4 is 23.3 Å². The Bertz CT molecular complexity index is 781. The predicted octanol–water partition coefficient (Wildman–Crippen LogP) is 2.12. The van der Waals surface area contributed by atoms with Gasteiger partial charge >= 0.3 is 0 Å². The summed E-state index contributed by atoms with van der Waals surface area (Å²) in [5, 5.41) is 3.76. The molecule has 1 aromatic heterocycles. The van der Waals surface area contributed by atoms with Gasteiger partial charge in [0.05, 0.1) is 25.5 Å². The number of aryl methyl sites for hydroxylation is 1. The highest BCUT2D eigenvalue weighted by Gasteiger charge is 2.19. The van der Waals surface area contributed by atoms with Crippen LogP contribution in [0.15, 0.2) is 12.1 Å². The van der Waals surface area contributed by atoms with Crippen LogP contribution >= 0.6 is 11.5 Å². The van der Waals surface area contributed by atoms with Crippen molar-refractivity contribution < 1.29 is 23.8 Å². The van der Waals surface area contributed by atoms with Crippen LogP contribution in [0, 0.1) is 6.92 Å². The normalized spacial score (nSPS) is 10.2. The number of ether oxygens (including phenoxy) is 3. The molecular weight excluding hydrogens is 372 g/mol. The van der Waals surface area contributed by atoms with Crippen molar-refractivity contribution in [3.05, 3.63) is 28.3 Å². The van der Waals surface area contributed by atoms with Crippen LogP contribution in [-0.2, 0) is 0 Å². The number of hydrogen-bond donors (Lipinski definition) is 2. The Morgan fingerprint density at radius 2 is 1.52 bits per heavy atom. The Morgan fingerprint density at radius 1 is 0.963 bits per heavy atom. The molecule has 1 aromatic carbocycles. The zero-order valence-corrected chi connectivity index (χ0v) is 16.4. The molecule has 0 saturated heterocycles. The van der Waals surface area contributed by atoms with E-state index in [1.54, 1.807) is 6.92 Å². The molecule has 0 bridgehead atoms. The van der Waals surface area contributed by atoms with Crippen LogP contribution in [0.4, 0.5) is 0 Å². The van der Waals surface area contributed by atoms with E-state index in [9.17, 15) is 9.59 Å². The number of amides is 2. The van der Waals surface area contributed by atoms with Crippen LogP contribution < -0.4 is 25.1 Å². The topological polar surface area (TPSA) is 112 Å². The minimum absolute atomic E-state index is 0.254. The van der Waals surface area contributed by atoms with Crippen LogP contribution in [0.25, 0.3) is 0 Å². The standard InChI is InChI=1S/C17H22N4O5S/c1-5-24-12-8-11(9-13(25-6-2)14(12)26-7-3)16(22)19-20-17(23)15-10(4)18-21-27-15/h8-9H,5-7H2,1-4H3,(H,19,22)(H,20,23). The molecule has 9 nitrogen and oxygen atoms in total. The maximum absolute atomic E-state index is 12.5. The highest BCUT2D eigenvalue weighted by molar-refractivity contribution is 7.07. The second-order valence-corrected chi connectivity index (χ2v) is 5.95. The third kappa shape index (κ3) is 5.07. The molecule has 146 valence electrons.